The van der Waals surface area contributed by atoms with Crippen molar-refractivity contribution >= 4 is 20.6 Å². The van der Waals surface area contributed by atoms with Crippen molar-refractivity contribution in [2.24, 2.45) is 0 Å². The second kappa shape index (κ2) is 7.02. The molecule has 0 radical (unpaired) electrons. The predicted octanol–water partition coefficient (Wildman–Crippen LogP) is 3.55. The Morgan fingerprint density at radius 3 is 2.72 bits per heavy atom. The Bertz CT molecular complexity index is 1010. The Labute approximate surface area is 144 Å². The fourth-order valence-electron chi connectivity index (χ4n) is 2.35. The van der Waals surface area contributed by atoms with Gasteiger partial charge < -0.3 is 9.47 Å². The summed E-state index contributed by atoms with van der Waals surface area (Å²) in [6.07, 6.45) is 4.40. The first-order valence-electron chi connectivity index (χ1n) is 7.37. The monoisotopic (exact) mass is 361 g/mol. The van der Waals surface area contributed by atoms with Crippen molar-refractivity contribution in [1.82, 2.24) is 9.97 Å². The molecule has 130 valence electrons. The van der Waals surface area contributed by atoms with Gasteiger partial charge in [0, 0.05) is 28.9 Å². The summed E-state index contributed by atoms with van der Waals surface area (Å²) in [6, 6.07) is 10.3. The SMILES string of the molecule is C[S@](=N)(=O)c1cccc(COc2ccnc3c(OCF)nccc23)c1. The molecule has 3 aromatic rings. The number of ether oxygens (including phenoxy) is 2. The van der Waals surface area contributed by atoms with Gasteiger partial charge in [0.25, 0.3) is 0 Å². The zero-order chi connectivity index (χ0) is 17.9. The van der Waals surface area contributed by atoms with Crippen molar-refractivity contribution in [3.05, 3.63) is 54.4 Å². The molecule has 0 aliphatic carbocycles. The summed E-state index contributed by atoms with van der Waals surface area (Å²) >= 11 is 0. The van der Waals surface area contributed by atoms with Crippen molar-refractivity contribution in [3.8, 4) is 11.6 Å². The van der Waals surface area contributed by atoms with Gasteiger partial charge in [0.1, 0.15) is 17.9 Å². The fraction of sp³-hybridized carbons (Fsp3) is 0.176. The van der Waals surface area contributed by atoms with Gasteiger partial charge in [0.15, 0.2) is 0 Å². The van der Waals surface area contributed by atoms with Crippen LogP contribution in [0, 0.1) is 4.78 Å². The third kappa shape index (κ3) is 3.85. The summed E-state index contributed by atoms with van der Waals surface area (Å²) in [7, 11) is -2.78. The molecule has 25 heavy (non-hydrogen) atoms. The van der Waals surface area contributed by atoms with Gasteiger partial charge >= 0.3 is 0 Å². The first-order chi connectivity index (χ1) is 12.0. The van der Waals surface area contributed by atoms with Gasteiger partial charge in [0.05, 0.1) is 9.73 Å². The van der Waals surface area contributed by atoms with E-state index in [4.69, 9.17) is 14.3 Å². The quantitative estimate of drug-likeness (QED) is 0.726. The largest absolute Gasteiger partial charge is 0.488 e. The van der Waals surface area contributed by atoms with Crippen LogP contribution in [0.1, 0.15) is 5.56 Å². The fourth-order valence-corrected chi connectivity index (χ4v) is 3.06. The molecule has 2 aromatic heterocycles. The average Bonchev–Trinajstić information content (AvgIpc) is 2.60. The predicted molar refractivity (Wildman–Crippen MR) is 92.0 cm³/mol. The lowest BCUT2D eigenvalue weighted by molar-refractivity contribution is 0.187. The molecule has 3 rings (SSSR count). The first kappa shape index (κ1) is 17.1. The Morgan fingerprint density at radius 1 is 1.16 bits per heavy atom. The third-order valence-electron chi connectivity index (χ3n) is 3.52. The molecular weight excluding hydrogens is 345 g/mol. The van der Waals surface area contributed by atoms with E-state index in [0.29, 0.717) is 21.5 Å². The zero-order valence-corrected chi connectivity index (χ0v) is 14.3. The standard InChI is InChI=1S/C17H16FN3O3S/c1-25(19,22)13-4-2-3-12(9-13)10-23-15-6-8-20-16-14(15)5-7-21-17(16)24-11-18/h2-9,19H,10-11H2,1H3/t25-/m0/s1. The maximum atomic E-state index is 12.5. The number of nitrogens with zero attached hydrogens (tertiary/aromatic N) is 2. The molecule has 0 saturated heterocycles. The number of alkyl halides is 1. The van der Waals surface area contributed by atoms with Gasteiger partial charge in [0.2, 0.25) is 12.7 Å². The molecule has 0 unspecified atom stereocenters. The number of hydrogen-bond acceptors (Lipinski definition) is 6. The molecule has 0 bridgehead atoms. The van der Waals surface area contributed by atoms with Crippen molar-refractivity contribution in [2.75, 3.05) is 13.1 Å². The van der Waals surface area contributed by atoms with Gasteiger partial charge in [-0.2, -0.15) is 0 Å². The van der Waals surface area contributed by atoms with E-state index in [-0.39, 0.29) is 12.5 Å². The maximum absolute atomic E-state index is 12.5. The normalized spacial score (nSPS) is 13.4. The highest BCUT2D eigenvalue weighted by Crippen LogP contribution is 2.29. The molecule has 8 heteroatoms. The lowest BCUT2D eigenvalue weighted by Gasteiger charge is -2.11. The van der Waals surface area contributed by atoms with E-state index in [1.54, 1.807) is 30.3 Å². The van der Waals surface area contributed by atoms with Crippen LogP contribution in [0.5, 0.6) is 11.6 Å². The molecule has 2 heterocycles. The number of hydrogen-bond donors (Lipinski definition) is 1. The highest BCUT2D eigenvalue weighted by atomic mass is 32.2. The molecule has 0 saturated carbocycles. The number of pyridine rings is 2. The van der Waals surface area contributed by atoms with Gasteiger partial charge in [-0.05, 0) is 29.8 Å². The maximum Gasteiger partial charge on any atom is 0.243 e. The number of nitrogens with one attached hydrogen (secondary N) is 1. The van der Waals surface area contributed by atoms with E-state index in [2.05, 4.69) is 9.97 Å². The summed E-state index contributed by atoms with van der Waals surface area (Å²) < 4.78 is 42.6. The van der Waals surface area contributed by atoms with E-state index in [1.807, 2.05) is 6.07 Å². The molecule has 0 spiro atoms. The smallest absolute Gasteiger partial charge is 0.243 e. The number of benzene rings is 1. The minimum Gasteiger partial charge on any atom is -0.488 e. The van der Waals surface area contributed by atoms with Gasteiger partial charge in [-0.25, -0.2) is 18.4 Å². The van der Waals surface area contributed by atoms with Crippen LogP contribution in [0.25, 0.3) is 10.9 Å². The molecule has 6 nitrogen and oxygen atoms in total. The number of aromatic nitrogens is 2. The third-order valence-corrected chi connectivity index (χ3v) is 4.67. The molecule has 0 fully saturated rings. The Balaban J connectivity index is 1.88. The molecule has 1 atom stereocenters. The van der Waals surface area contributed by atoms with E-state index in [0.717, 1.165) is 5.56 Å². The van der Waals surface area contributed by atoms with Crippen molar-refractivity contribution < 1.29 is 18.1 Å². The van der Waals surface area contributed by atoms with Crippen LogP contribution in [0.15, 0.2) is 53.7 Å². The van der Waals surface area contributed by atoms with Crippen molar-refractivity contribution in [2.45, 2.75) is 11.5 Å². The molecule has 0 amide bonds. The van der Waals surface area contributed by atoms with Crippen molar-refractivity contribution in [1.29, 1.82) is 4.78 Å². The summed E-state index contributed by atoms with van der Waals surface area (Å²) in [6.45, 7) is -0.765. The molecule has 1 N–H and O–H groups in total. The van der Waals surface area contributed by atoms with Gasteiger partial charge in [-0.15, -0.1) is 0 Å². The minimum absolute atomic E-state index is 0.104. The first-order valence-corrected chi connectivity index (χ1v) is 9.33. The Kier molecular flexibility index (Phi) is 4.80. The molecule has 0 aliphatic rings. The van der Waals surface area contributed by atoms with Crippen LogP contribution in [0.3, 0.4) is 0 Å². The second-order valence-electron chi connectivity index (χ2n) is 5.35. The molecule has 1 aromatic carbocycles. The van der Waals surface area contributed by atoms with E-state index in [9.17, 15) is 8.60 Å². The highest BCUT2D eigenvalue weighted by Gasteiger charge is 2.10. The van der Waals surface area contributed by atoms with Gasteiger partial charge in [-0.3, -0.25) is 4.98 Å². The van der Waals surface area contributed by atoms with E-state index < -0.39 is 16.6 Å². The number of fused-ring (bicyclic) bond motifs is 1. The highest BCUT2D eigenvalue weighted by molar-refractivity contribution is 7.91. The second-order valence-corrected chi connectivity index (χ2v) is 7.51. The Hall–Kier alpha value is -2.74. The van der Waals surface area contributed by atoms with Crippen LogP contribution >= 0.6 is 0 Å². The van der Waals surface area contributed by atoms with E-state index >= 15 is 0 Å². The molecule has 0 aliphatic heterocycles. The summed E-state index contributed by atoms with van der Waals surface area (Å²) in [5, 5.41) is 0.650. The van der Waals surface area contributed by atoms with E-state index in [1.165, 1.54) is 18.6 Å². The summed E-state index contributed by atoms with van der Waals surface area (Å²) in [4.78, 5) is 8.58. The van der Waals surface area contributed by atoms with Crippen molar-refractivity contribution in [3.63, 3.8) is 0 Å². The minimum atomic E-state index is -2.78. The van der Waals surface area contributed by atoms with Gasteiger partial charge in [-0.1, -0.05) is 12.1 Å². The number of rotatable bonds is 6. The topological polar surface area (TPSA) is 85.2 Å². The lowest BCUT2D eigenvalue weighted by Crippen LogP contribution is -2.01. The van der Waals surface area contributed by atoms with Crippen LogP contribution in [0.4, 0.5) is 4.39 Å². The van der Waals surface area contributed by atoms with Crippen LogP contribution in [-0.4, -0.2) is 27.3 Å². The number of halogens is 1. The van der Waals surface area contributed by atoms with Crippen LogP contribution in [-0.2, 0) is 16.3 Å². The van der Waals surface area contributed by atoms with Crippen LogP contribution < -0.4 is 9.47 Å². The van der Waals surface area contributed by atoms with Crippen LogP contribution in [0.2, 0.25) is 0 Å². The Morgan fingerprint density at radius 2 is 1.96 bits per heavy atom. The lowest BCUT2D eigenvalue weighted by atomic mass is 10.2. The summed E-state index contributed by atoms with van der Waals surface area (Å²) in [5.74, 6) is 0.650. The zero-order valence-electron chi connectivity index (χ0n) is 13.4. The average molecular weight is 361 g/mol. The summed E-state index contributed by atoms with van der Waals surface area (Å²) in [5.41, 5.74) is 1.20. The molecular formula is C17H16FN3O3S.